The average Bonchev–Trinajstić information content (AvgIpc) is 3.45. The largest absolute Gasteiger partial charge is 0.481 e. The van der Waals surface area contributed by atoms with Crippen molar-refractivity contribution in [1.82, 2.24) is 0 Å². The van der Waals surface area contributed by atoms with E-state index in [-0.39, 0.29) is 33.0 Å². The molecule has 0 amide bonds. The van der Waals surface area contributed by atoms with E-state index >= 15 is 0 Å². The Bertz CT molecular complexity index is 965. The average molecular weight is 471 g/mol. The third kappa shape index (κ3) is 2.56. The zero-order chi connectivity index (χ0) is 24.7. The first kappa shape index (κ1) is 23.5. The van der Waals surface area contributed by atoms with Crippen LogP contribution in [0.1, 0.15) is 99.3 Å². The summed E-state index contributed by atoms with van der Waals surface area (Å²) in [5, 5.41) is 32.4. The minimum absolute atomic E-state index is 0.00208. The first-order valence-electron chi connectivity index (χ1n) is 14.0. The number of carboxylic acid groups (broad SMARTS) is 1. The van der Waals surface area contributed by atoms with Crippen molar-refractivity contribution in [2.45, 2.75) is 112 Å². The van der Waals surface area contributed by atoms with Crippen LogP contribution in [0.15, 0.2) is 11.6 Å². The van der Waals surface area contributed by atoms with E-state index in [0.29, 0.717) is 30.6 Å². The van der Waals surface area contributed by atoms with Crippen LogP contribution in [-0.2, 0) is 4.79 Å². The van der Waals surface area contributed by atoms with Gasteiger partial charge < -0.3 is 15.3 Å². The maximum atomic E-state index is 12.8. The molecule has 0 unspecified atom stereocenters. The number of hydrogen-bond acceptors (Lipinski definition) is 3. The van der Waals surface area contributed by atoms with Gasteiger partial charge in [0.2, 0.25) is 0 Å². The number of aliphatic hydroxyl groups excluding tert-OH is 2. The van der Waals surface area contributed by atoms with Gasteiger partial charge in [-0.05, 0) is 109 Å². The Morgan fingerprint density at radius 1 is 0.912 bits per heavy atom. The lowest BCUT2D eigenvalue weighted by Crippen LogP contribution is -2.65. The van der Waals surface area contributed by atoms with Crippen LogP contribution < -0.4 is 0 Å². The van der Waals surface area contributed by atoms with Crippen LogP contribution in [0.2, 0.25) is 0 Å². The summed E-state index contributed by atoms with van der Waals surface area (Å²) in [6.07, 6.45) is 9.88. The van der Waals surface area contributed by atoms with Crippen LogP contribution in [0.4, 0.5) is 0 Å². The number of aliphatic carboxylic acids is 1. The Kier molecular flexibility index (Phi) is 4.51. The van der Waals surface area contributed by atoms with Gasteiger partial charge in [-0.15, -0.1) is 0 Å². The van der Waals surface area contributed by atoms with Crippen LogP contribution in [-0.4, -0.2) is 33.5 Å². The molecule has 0 heterocycles. The number of rotatable bonds is 1. The van der Waals surface area contributed by atoms with Crippen LogP contribution in [0.5, 0.6) is 0 Å². The molecule has 0 bridgehead atoms. The van der Waals surface area contributed by atoms with E-state index in [4.69, 9.17) is 0 Å². The standard InChI is InChI=1S/C30H46O4/c1-25(2)11-12-29(24(33)34)10-8-20-27(5)9-7-19-26(3,4)23(32)18(31)15-28(19,6)21(27)13-17-14-30(17,20)22(29)16-25/h8,17-19,21-23,31-32H,7,9-16H2,1-6H3,(H,33,34)/t17-,18-,19+,21+,22-,23-,27+,28+,29-,30-/m1/s1. The fraction of sp³-hybridized carbons (Fsp3) is 0.900. The number of hydrogen-bond donors (Lipinski definition) is 3. The Morgan fingerprint density at radius 2 is 1.62 bits per heavy atom. The maximum absolute atomic E-state index is 12.8. The molecule has 34 heavy (non-hydrogen) atoms. The SMILES string of the molecule is CC1(C)CC[C@]2(C(=O)O)CC=C3[C@]4(C[C@H]4C[C@@H]4[C@@]5(C)C[C@@H](O)[C@@H](O)C(C)(C)[C@@H]5CC[C@@]34C)[C@@H]2C1. The van der Waals surface area contributed by atoms with E-state index in [1.165, 1.54) is 0 Å². The van der Waals surface area contributed by atoms with Crippen molar-refractivity contribution >= 4 is 5.97 Å². The molecular formula is C30H46O4. The summed E-state index contributed by atoms with van der Waals surface area (Å²) in [4.78, 5) is 12.8. The number of carboxylic acids is 1. The van der Waals surface area contributed by atoms with Gasteiger partial charge in [-0.2, -0.15) is 0 Å². The highest BCUT2D eigenvalue weighted by atomic mass is 16.4. The summed E-state index contributed by atoms with van der Waals surface area (Å²) in [7, 11) is 0. The van der Waals surface area contributed by atoms with E-state index in [1.807, 2.05) is 0 Å². The number of fused-ring (bicyclic) bond motifs is 5. The van der Waals surface area contributed by atoms with Crippen molar-refractivity contribution in [2.75, 3.05) is 0 Å². The normalized spacial score (nSPS) is 56.5. The summed E-state index contributed by atoms with van der Waals surface area (Å²) in [6.45, 7) is 13.9. The third-order valence-electron chi connectivity index (χ3n) is 13.2. The van der Waals surface area contributed by atoms with Gasteiger partial charge in [0.25, 0.3) is 0 Å². The van der Waals surface area contributed by atoms with Gasteiger partial charge in [-0.1, -0.05) is 53.2 Å². The van der Waals surface area contributed by atoms with Crippen molar-refractivity contribution in [3.63, 3.8) is 0 Å². The van der Waals surface area contributed by atoms with E-state index in [1.54, 1.807) is 5.57 Å². The molecule has 0 aromatic heterocycles. The Labute approximate surface area is 205 Å². The molecule has 3 N–H and O–H groups in total. The van der Waals surface area contributed by atoms with Crippen molar-refractivity contribution in [2.24, 2.45) is 56.2 Å². The second kappa shape index (κ2) is 6.52. The number of carbonyl (C=O) groups is 1. The molecule has 0 aromatic carbocycles. The van der Waals surface area contributed by atoms with Crippen LogP contribution in [0.25, 0.3) is 0 Å². The van der Waals surface area contributed by atoms with Gasteiger partial charge in [0.1, 0.15) is 0 Å². The lowest BCUT2D eigenvalue weighted by Gasteiger charge is -2.68. The molecule has 1 spiro atoms. The summed E-state index contributed by atoms with van der Waals surface area (Å²) < 4.78 is 0. The molecule has 0 aromatic rings. The van der Waals surface area contributed by atoms with Crippen molar-refractivity contribution < 1.29 is 20.1 Å². The molecule has 0 radical (unpaired) electrons. The van der Waals surface area contributed by atoms with E-state index in [9.17, 15) is 20.1 Å². The molecule has 0 saturated heterocycles. The monoisotopic (exact) mass is 470 g/mol. The highest BCUT2D eigenvalue weighted by molar-refractivity contribution is 5.77. The Balaban J connectivity index is 1.45. The second-order valence-electron chi connectivity index (χ2n) is 15.5. The quantitative estimate of drug-likeness (QED) is 0.422. The molecule has 6 rings (SSSR count). The molecule has 10 atom stereocenters. The van der Waals surface area contributed by atoms with Gasteiger partial charge in [-0.3, -0.25) is 4.79 Å². The smallest absolute Gasteiger partial charge is 0.310 e. The summed E-state index contributed by atoms with van der Waals surface area (Å²) in [5.74, 6) is 1.17. The molecular weight excluding hydrogens is 424 g/mol. The lowest BCUT2D eigenvalue weighted by atomic mass is 9.36. The van der Waals surface area contributed by atoms with Gasteiger partial charge in [-0.25, -0.2) is 0 Å². The fourth-order valence-corrected chi connectivity index (χ4v) is 11.5. The van der Waals surface area contributed by atoms with Crippen LogP contribution in [0.3, 0.4) is 0 Å². The van der Waals surface area contributed by atoms with Crippen LogP contribution >= 0.6 is 0 Å². The predicted molar refractivity (Wildman–Crippen MR) is 132 cm³/mol. The second-order valence-corrected chi connectivity index (χ2v) is 15.5. The maximum Gasteiger partial charge on any atom is 0.310 e. The van der Waals surface area contributed by atoms with Crippen LogP contribution in [0, 0.1) is 56.2 Å². The molecule has 190 valence electrons. The van der Waals surface area contributed by atoms with Gasteiger partial charge >= 0.3 is 5.97 Å². The minimum Gasteiger partial charge on any atom is -0.481 e. The molecule has 4 nitrogen and oxygen atoms in total. The van der Waals surface area contributed by atoms with Crippen molar-refractivity contribution in [3.05, 3.63) is 11.6 Å². The first-order valence-corrected chi connectivity index (χ1v) is 14.0. The summed E-state index contributed by atoms with van der Waals surface area (Å²) >= 11 is 0. The lowest BCUT2D eigenvalue weighted by molar-refractivity contribution is -0.214. The number of aliphatic hydroxyl groups is 2. The molecule has 5 saturated carbocycles. The van der Waals surface area contributed by atoms with Crippen molar-refractivity contribution in [1.29, 1.82) is 0 Å². The molecule has 6 aliphatic carbocycles. The highest BCUT2D eigenvalue weighted by Crippen LogP contribution is 2.83. The van der Waals surface area contributed by atoms with E-state index in [0.717, 1.165) is 44.9 Å². The van der Waals surface area contributed by atoms with Gasteiger partial charge in [0.05, 0.1) is 17.6 Å². The zero-order valence-corrected chi connectivity index (χ0v) is 22.2. The van der Waals surface area contributed by atoms with Gasteiger partial charge in [0, 0.05) is 0 Å². The van der Waals surface area contributed by atoms with E-state index < -0.39 is 23.6 Å². The van der Waals surface area contributed by atoms with Crippen molar-refractivity contribution in [3.8, 4) is 0 Å². The third-order valence-corrected chi connectivity index (χ3v) is 13.2. The Hall–Kier alpha value is -0.870. The van der Waals surface area contributed by atoms with Gasteiger partial charge in [0.15, 0.2) is 0 Å². The molecule has 0 aliphatic heterocycles. The Morgan fingerprint density at radius 3 is 2.29 bits per heavy atom. The summed E-state index contributed by atoms with van der Waals surface area (Å²) in [5.41, 5.74) is 1.11. The van der Waals surface area contributed by atoms with E-state index in [2.05, 4.69) is 47.6 Å². The fourth-order valence-electron chi connectivity index (χ4n) is 11.5. The zero-order valence-electron chi connectivity index (χ0n) is 22.2. The number of allylic oxidation sites excluding steroid dienone is 2. The minimum atomic E-state index is -0.663. The predicted octanol–water partition coefficient (Wildman–Crippen LogP) is 5.81. The highest BCUT2D eigenvalue weighted by Gasteiger charge is 2.77. The molecule has 6 aliphatic rings. The first-order chi connectivity index (χ1) is 15.7. The molecule has 4 heteroatoms. The topological polar surface area (TPSA) is 77.8 Å². The molecule has 5 fully saturated rings. The summed E-state index contributed by atoms with van der Waals surface area (Å²) in [6, 6.07) is 0.